The van der Waals surface area contributed by atoms with E-state index in [2.05, 4.69) is 15.7 Å². The van der Waals surface area contributed by atoms with Crippen molar-refractivity contribution in [2.75, 3.05) is 6.54 Å². The highest BCUT2D eigenvalue weighted by atomic mass is 35.5. The molecule has 8 nitrogen and oxygen atoms in total. The summed E-state index contributed by atoms with van der Waals surface area (Å²) in [5.74, 6) is -2.29. The van der Waals surface area contributed by atoms with Gasteiger partial charge in [-0.15, -0.1) is 0 Å². The van der Waals surface area contributed by atoms with Gasteiger partial charge in [0.1, 0.15) is 12.4 Å². The molecule has 29 heavy (non-hydrogen) atoms. The van der Waals surface area contributed by atoms with Crippen LogP contribution in [0, 0.1) is 5.82 Å². The van der Waals surface area contributed by atoms with Gasteiger partial charge in [0.15, 0.2) is 5.69 Å². The molecule has 0 unspecified atom stereocenters. The number of hydrogen-bond donors (Lipinski definition) is 3. The average Bonchev–Trinajstić information content (AvgIpc) is 3.06. The Morgan fingerprint density at radius 1 is 1.07 bits per heavy atom. The fourth-order valence-electron chi connectivity index (χ4n) is 2.74. The maximum absolute atomic E-state index is 13.8. The Morgan fingerprint density at radius 2 is 1.83 bits per heavy atom. The van der Waals surface area contributed by atoms with Gasteiger partial charge in [-0.1, -0.05) is 41.9 Å². The summed E-state index contributed by atoms with van der Waals surface area (Å²) in [5, 5.41) is 9.52. The van der Waals surface area contributed by atoms with Crippen LogP contribution in [0.4, 0.5) is 4.39 Å². The molecule has 0 saturated heterocycles. The quantitative estimate of drug-likeness (QED) is 0.537. The number of nitrogens with one attached hydrogen (secondary N) is 2. The van der Waals surface area contributed by atoms with Crippen molar-refractivity contribution < 1.29 is 18.8 Å². The van der Waals surface area contributed by atoms with Crippen LogP contribution in [-0.2, 0) is 22.7 Å². The molecule has 10 heteroatoms. The van der Waals surface area contributed by atoms with Gasteiger partial charge < -0.3 is 16.4 Å². The Morgan fingerprint density at radius 3 is 2.59 bits per heavy atom. The summed E-state index contributed by atoms with van der Waals surface area (Å²) < 4.78 is 15.1. The lowest BCUT2D eigenvalue weighted by Gasteiger charge is -2.09. The van der Waals surface area contributed by atoms with Crippen molar-refractivity contribution >= 4 is 40.2 Å². The van der Waals surface area contributed by atoms with Crippen LogP contribution in [0.5, 0.6) is 0 Å². The van der Waals surface area contributed by atoms with Gasteiger partial charge in [0.2, 0.25) is 11.8 Å². The van der Waals surface area contributed by atoms with Gasteiger partial charge in [-0.25, -0.2) is 4.39 Å². The molecular weight excluding hydrogens is 401 g/mol. The molecule has 0 aliphatic carbocycles. The first-order chi connectivity index (χ1) is 13.9. The van der Waals surface area contributed by atoms with Crippen LogP contribution in [0.3, 0.4) is 0 Å². The van der Waals surface area contributed by atoms with Crippen LogP contribution in [-0.4, -0.2) is 34.0 Å². The molecular formula is C19H17ClFN5O3. The maximum atomic E-state index is 13.8. The minimum absolute atomic E-state index is 0.0353. The number of primary amides is 1. The number of aromatic nitrogens is 2. The second-order valence-electron chi connectivity index (χ2n) is 6.15. The van der Waals surface area contributed by atoms with Crippen molar-refractivity contribution in [3.63, 3.8) is 0 Å². The second-order valence-corrected chi connectivity index (χ2v) is 6.56. The van der Waals surface area contributed by atoms with E-state index in [0.717, 1.165) is 0 Å². The number of carbonyl (C=O) groups is 3. The Bertz CT molecular complexity index is 1100. The van der Waals surface area contributed by atoms with Gasteiger partial charge >= 0.3 is 0 Å². The van der Waals surface area contributed by atoms with Crippen molar-refractivity contribution in [2.24, 2.45) is 5.73 Å². The number of nitrogens with zero attached hydrogens (tertiary/aromatic N) is 2. The standard InChI is InChI=1S/C19H17ClFN5O3/c20-13-6-3-4-11(17(13)21)8-23-15(27)9-24-16(28)10-26-14-7-2-1-5-12(14)18(25-26)19(22)29/h1-7H,8-10H2,(H2,22,29)(H,23,27)(H,24,28). The molecule has 0 fully saturated rings. The number of benzene rings is 2. The molecule has 0 radical (unpaired) electrons. The van der Waals surface area contributed by atoms with Gasteiger partial charge in [-0.05, 0) is 12.1 Å². The highest BCUT2D eigenvalue weighted by Crippen LogP contribution is 2.18. The monoisotopic (exact) mass is 417 g/mol. The minimum Gasteiger partial charge on any atom is -0.364 e. The molecule has 150 valence electrons. The second kappa shape index (κ2) is 8.70. The zero-order chi connectivity index (χ0) is 21.0. The van der Waals surface area contributed by atoms with Crippen molar-refractivity contribution in [1.82, 2.24) is 20.4 Å². The Balaban J connectivity index is 1.56. The number of amides is 3. The van der Waals surface area contributed by atoms with Gasteiger partial charge in [0.05, 0.1) is 17.1 Å². The van der Waals surface area contributed by atoms with Crippen LogP contribution in [0.25, 0.3) is 10.9 Å². The first kappa shape index (κ1) is 20.3. The topological polar surface area (TPSA) is 119 Å². The fraction of sp³-hybridized carbons (Fsp3) is 0.158. The molecule has 0 aliphatic rings. The average molecular weight is 418 g/mol. The Hall–Kier alpha value is -3.46. The van der Waals surface area contributed by atoms with E-state index >= 15 is 0 Å². The third-order valence-corrected chi connectivity index (χ3v) is 4.43. The first-order valence-corrected chi connectivity index (χ1v) is 8.96. The van der Waals surface area contributed by atoms with Crippen molar-refractivity contribution in [1.29, 1.82) is 0 Å². The molecule has 3 aromatic rings. The van der Waals surface area contributed by atoms with E-state index in [1.165, 1.54) is 16.8 Å². The first-order valence-electron chi connectivity index (χ1n) is 8.58. The van der Waals surface area contributed by atoms with E-state index in [0.29, 0.717) is 10.9 Å². The number of fused-ring (bicyclic) bond motifs is 1. The third-order valence-electron chi connectivity index (χ3n) is 4.14. The van der Waals surface area contributed by atoms with E-state index in [9.17, 15) is 18.8 Å². The van der Waals surface area contributed by atoms with Crippen LogP contribution < -0.4 is 16.4 Å². The van der Waals surface area contributed by atoms with E-state index in [1.807, 2.05) is 0 Å². The Labute approximate surface area is 169 Å². The molecule has 2 aromatic carbocycles. The molecule has 0 saturated carbocycles. The normalized spacial score (nSPS) is 10.7. The lowest BCUT2D eigenvalue weighted by molar-refractivity contribution is -0.126. The molecule has 0 bridgehead atoms. The van der Waals surface area contributed by atoms with E-state index in [-0.39, 0.29) is 35.9 Å². The maximum Gasteiger partial charge on any atom is 0.269 e. The van der Waals surface area contributed by atoms with Crippen molar-refractivity contribution in [3.05, 3.63) is 64.6 Å². The fourth-order valence-corrected chi connectivity index (χ4v) is 2.94. The van der Waals surface area contributed by atoms with E-state index in [4.69, 9.17) is 17.3 Å². The molecule has 1 aromatic heterocycles. The lowest BCUT2D eigenvalue weighted by Crippen LogP contribution is -2.38. The summed E-state index contributed by atoms with van der Waals surface area (Å²) in [6.07, 6.45) is 0. The SMILES string of the molecule is NC(=O)c1nn(CC(=O)NCC(=O)NCc2cccc(Cl)c2F)c2ccccc12. The van der Waals surface area contributed by atoms with Gasteiger partial charge in [-0.3, -0.25) is 19.1 Å². The molecule has 0 aliphatic heterocycles. The van der Waals surface area contributed by atoms with Crippen molar-refractivity contribution in [2.45, 2.75) is 13.1 Å². The summed E-state index contributed by atoms with van der Waals surface area (Å²) >= 11 is 5.69. The van der Waals surface area contributed by atoms with Crippen LogP contribution in [0.1, 0.15) is 16.1 Å². The van der Waals surface area contributed by atoms with Crippen molar-refractivity contribution in [3.8, 4) is 0 Å². The summed E-state index contributed by atoms with van der Waals surface area (Å²) in [6.45, 7) is -0.570. The number of halogens is 2. The number of para-hydroxylation sites is 1. The molecule has 4 N–H and O–H groups in total. The predicted octanol–water partition coefficient (Wildman–Crippen LogP) is 1.36. The van der Waals surface area contributed by atoms with E-state index in [1.54, 1.807) is 30.3 Å². The molecule has 1 heterocycles. The summed E-state index contributed by atoms with van der Waals surface area (Å²) in [6, 6.07) is 11.3. The molecule has 0 spiro atoms. The Kier molecular flexibility index (Phi) is 6.08. The smallest absolute Gasteiger partial charge is 0.269 e. The zero-order valence-corrected chi connectivity index (χ0v) is 15.9. The van der Waals surface area contributed by atoms with Crippen LogP contribution in [0.2, 0.25) is 5.02 Å². The predicted molar refractivity (Wildman–Crippen MR) is 105 cm³/mol. The molecule has 0 atom stereocenters. The van der Waals surface area contributed by atoms with Gasteiger partial charge in [0.25, 0.3) is 5.91 Å². The largest absolute Gasteiger partial charge is 0.364 e. The van der Waals surface area contributed by atoms with Gasteiger partial charge in [0, 0.05) is 17.5 Å². The highest BCUT2D eigenvalue weighted by molar-refractivity contribution is 6.30. The summed E-state index contributed by atoms with van der Waals surface area (Å²) in [4.78, 5) is 35.6. The van der Waals surface area contributed by atoms with Crippen LogP contribution in [0.15, 0.2) is 42.5 Å². The zero-order valence-electron chi connectivity index (χ0n) is 15.1. The third kappa shape index (κ3) is 4.69. The summed E-state index contributed by atoms with van der Waals surface area (Å²) in [5.41, 5.74) is 6.19. The number of nitrogens with two attached hydrogens (primary N) is 1. The van der Waals surface area contributed by atoms with Gasteiger partial charge in [-0.2, -0.15) is 5.10 Å². The molecule has 3 amide bonds. The minimum atomic E-state index is -0.701. The lowest BCUT2D eigenvalue weighted by atomic mass is 10.2. The highest BCUT2D eigenvalue weighted by Gasteiger charge is 2.16. The molecule has 3 rings (SSSR count). The number of rotatable bonds is 7. The summed E-state index contributed by atoms with van der Waals surface area (Å²) in [7, 11) is 0. The number of hydrogen-bond acceptors (Lipinski definition) is 4. The van der Waals surface area contributed by atoms with E-state index < -0.39 is 23.5 Å². The van der Waals surface area contributed by atoms with Crippen LogP contribution >= 0.6 is 11.6 Å². The number of carbonyl (C=O) groups excluding carboxylic acids is 3.